The van der Waals surface area contributed by atoms with Crippen LogP contribution in [0.5, 0.6) is 0 Å². The minimum absolute atomic E-state index is 0.418. The van der Waals surface area contributed by atoms with Crippen molar-refractivity contribution in [2.45, 2.75) is 25.0 Å². The number of nitrogens with zero attached hydrogens (tertiary/aromatic N) is 1. The molecule has 2 unspecified atom stereocenters. The molecule has 3 nitrogen and oxygen atoms in total. The fraction of sp³-hybridized carbons (Fsp3) is 1.00. The second-order valence-corrected chi connectivity index (χ2v) is 5.43. The van der Waals surface area contributed by atoms with Crippen molar-refractivity contribution in [3.05, 3.63) is 0 Å². The van der Waals surface area contributed by atoms with Crippen molar-refractivity contribution in [2.75, 3.05) is 44.8 Å². The van der Waals surface area contributed by atoms with Crippen molar-refractivity contribution in [2.24, 2.45) is 0 Å². The number of hydrogen-bond acceptors (Lipinski definition) is 4. The molecule has 2 atom stereocenters. The Morgan fingerprint density at radius 1 is 1.53 bits per heavy atom. The average molecular weight is 230 g/mol. The normalized spacial score (nSPS) is 31.8. The van der Waals surface area contributed by atoms with Gasteiger partial charge in [0.2, 0.25) is 0 Å². The van der Waals surface area contributed by atoms with Gasteiger partial charge in [-0.05, 0) is 25.6 Å². The molecule has 2 aliphatic heterocycles. The van der Waals surface area contributed by atoms with Crippen LogP contribution in [0, 0.1) is 0 Å². The summed E-state index contributed by atoms with van der Waals surface area (Å²) in [7, 11) is 0. The van der Waals surface area contributed by atoms with Crippen LogP contribution in [0.2, 0.25) is 0 Å². The first kappa shape index (κ1) is 11.7. The molecule has 0 radical (unpaired) electrons. The molecule has 2 saturated heterocycles. The Labute approximate surface area is 96.9 Å². The summed E-state index contributed by atoms with van der Waals surface area (Å²) >= 11 is 1.89. The van der Waals surface area contributed by atoms with Gasteiger partial charge in [-0.25, -0.2) is 0 Å². The highest BCUT2D eigenvalue weighted by molar-refractivity contribution is 7.98. The summed E-state index contributed by atoms with van der Waals surface area (Å²) in [6, 6.07) is 0.729. The number of thioether (sulfide) groups is 1. The van der Waals surface area contributed by atoms with Gasteiger partial charge in [-0.2, -0.15) is 11.8 Å². The Morgan fingerprint density at radius 3 is 3.33 bits per heavy atom. The van der Waals surface area contributed by atoms with Crippen LogP contribution in [0.25, 0.3) is 0 Å². The zero-order valence-corrected chi connectivity index (χ0v) is 10.4. The van der Waals surface area contributed by atoms with Crippen LogP contribution in [0.1, 0.15) is 12.8 Å². The predicted octanol–water partition coefficient (Wildman–Crippen LogP) is 0.802. The maximum Gasteiger partial charge on any atom is 0.0826 e. The first-order valence-corrected chi connectivity index (χ1v) is 7.35. The quantitative estimate of drug-likeness (QED) is 0.706. The van der Waals surface area contributed by atoms with E-state index in [2.05, 4.69) is 16.5 Å². The molecule has 0 bridgehead atoms. The molecular formula is C11H22N2OS. The third kappa shape index (κ3) is 3.34. The molecule has 1 N–H and O–H groups in total. The summed E-state index contributed by atoms with van der Waals surface area (Å²) in [6.07, 6.45) is 5.27. The van der Waals surface area contributed by atoms with E-state index in [0.29, 0.717) is 6.10 Å². The van der Waals surface area contributed by atoms with Gasteiger partial charge in [0.25, 0.3) is 0 Å². The molecule has 2 heterocycles. The molecule has 2 aliphatic rings. The van der Waals surface area contributed by atoms with Crippen molar-refractivity contribution in [3.8, 4) is 0 Å². The third-order valence-corrected chi connectivity index (χ3v) is 3.93. The molecule has 2 fully saturated rings. The van der Waals surface area contributed by atoms with Gasteiger partial charge in [-0.3, -0.25) is 4.90 Å². The van der Waals surface area contributed by atoms with E-state index in [0.717, 1.165) is 32.3 Å². The van der Waals surface area contributed by atoms with Crippen molar-refractivity contribution < 1.29 is 4.74 Å². The number of fused-ring (bicyclic) bond motifs is 1. The van der Waals surface area contributed by atoms with Crippen LogP contribution in [0.3, 0.4) is 0 Å². The van der Waals surface area contributed by atoms with E-state index in [4.69, 9.17) is 4.74 Å². The van der Waals surface area contributed by atoms with Crippen LogP contribution in [-0.2, 0) is 4.74 Å². The largest absolute Gasteiger partial charge is 0.374 e. The van der Waals surface area contributed by atoms with E-state index >= 15 is 0 Å². The van der Waals surface area contributed by atoms with E-state index in [1.54, 1.807) is 0 Å². The summed E-state index contributed by atoms with van der Waals surface area (Å²) < 4.78 is 5.86. The van der Waals surface area contributed by atoms with Gasteiger partial charge in [0.05, 0.1) is 12.7 Å². The highest BCUT2D eigenvalue weighted by Crippen LogP contribution is 2.22. The molecule has 2 rings (SSSR count). The van der Waals surface area contributed by atoms with Gasteiger partial charge >= 0.3 is 0 Å². The van der Waals surface area contributed by atoms with E-state index in [-0.39, 0.29) is 0 Å². The Kier molecular flexibility index (Phi) is 4.75. The zero-order chi connectivity index (χ0) is 10.5. The molecule has 0 saturated carbocycles. The number of hydrogen-bond donors (Lipinski definition) is 1. The van der Waals surface area contributed by atoms with E-state index in [1.165, 1.54) is 25.1 Å². The highest BCUT2D eigenvalue weighted by Gasteiger charge is 2.31. The number of morpholine rings is 1. The van der Waals surface area contributed by atoms with E-state index in [1.807, 2.05) is 11.8 Å². The Bertz CT molecular complexity index is 191. The molecular weight excluding hydrogens is 208 g/mol. The highest BCUT2D eigenvalue weighted by atomic mass is 32.2. The third-order valence-electron chi connectivity index (χ3n) is 3.32. The molecule has 0 amide bonds. The number of ether oxygens (including phenoxy) is 1. The average Bonchev–Trinajstić information content (AvgIpc) is 2.71. The first-order chi connectivity index (χ1) is 7.40. The first-order valence-electron chi connectivity index (χ1n) is 5.95. The molecule has 0 spiro atoms. The Hall–Kier alpha value is 0.230. The van der Waals surface area contributed by atoms with Gasteiger partial charge < -0.3 is 10.1 Å². The summed E-state index contributed by atoms with van der Waals surface area (Å²) in [4.78, 5) is 2.60. The Morgan fingerprint density at radius 2 is 2.47 bits per heavy atom. The lowest BCUT2D eigenvalue weighted by atomic mass is 10.2. The fourth-order valence-electron chi connectivity index (χ4n) is 2.45. The van der Waals surface area contributed by atoms with Crippen molar-refractivity contribution in [3.63, 3.8) is 0 Å². The minimum atomic E-state index is 0.418. The lowest BCUT2D eigenvalue weighted by Gasteiger charge is -2.35. The Balaban J connectivity index is 1.62. The predicted molar refractivity (Wildman–Crippen MR) is 65.6 cm³/mol. The molecule has 0 aromatic carbocycles. The maximum absolute atomic E-state index is 5.86. The summed E-state index contributed by atoms with van der Waals surface area (Å²) in [5.41, 5.74) is 0. The van der Waals surface area contributed by atoms with Crippen LogP contribution < -0.4 is 5.32 Å². The maximum atomic E-state index is 5.86. The van der Waals surface area contributed by atoms with Crippen LogP contribution in [-0.4, -0.2) is 61.8 Å². The van der Waals surface area contributed by atoms with Crippen LogP contribution in [0.4, 0.5) is 0 Å². The summed E-state index contributed by atoms with van der Waals surface area (Å²) in [5.74, 6) is 1.19. The molecule has 0 aromatic rings. The summed E-state index contributed by atoms with van der Waals surface area (Å²) in [6.45, 7) is 5.50. The lowest BCUT2D eigenvalue weighted by Crippen LogP contribution is -2.49. The van der Waals surface area contributed by atoms with Gasteiger partial charge in [0, 0.05) is 31.4 Å². The molecule has 4 heteroatoms. The van der Waals surface area contributed by atoms with Gasteiger partial charge in [-0.1, -0.05) is 0 Å². The molecule has 15 heavy (non-hydrogen) atoms. The zero-order valence-electron chi connectivity index (χ0n) is 9.58. The minimum Gasteiger partial charge on any atom is -0.374 e. The van der Waals surface area contributed by atoms with Crippen LogP contribution in [0.15, 0.2) is 0 Å². The fourth-order valence-corrected chi connectivity index (χ4v) is 2.79. The topological polar surface area (TPSA) is 24.5 Å². The molecule has 0 aromatic heterocycles. The van der Waals surface area contributed by atoms with E-state index in [9.17, 15) is 0 Å². The van der Waals surface area contributed by atoms with Crippen molar-refractivity contribution >= 4 is 11.8 Å². The molecule has 0 aliphatic carbocycles. The van der Waals surface area contributed by atoms with E-state index < -0.39 is 0 Å². The number of nitrogens with one attached hydrogen (secondary N) is 1. The van der Waals surface area contributed by atoms with Gasteiger partial charge in [-0.15, -0.1) is 0 Å². The monoisotopic (exact) mass is 230 g/mol. The second-order valence-electron chi connectivity index (χ2n) is 4.44. The SMILES string of the molecule is CSCCNCC1CN2CCCC2CO1. The lowest BCUT2D eigenvalue weighted by molar-refractivity contribution is -0.0466. The van der Waals surface area contributed by atoms with Gasteiger partial charge in [0.1, 0.15) is 0 Å². The second kappa shape index (κ2) is 6.09. The number of rotatable bonds is 5. The van der Waals surface area contributed by atoms with Crippen LogP contribution >= 0.6 is 11.8 Å². The van der Waals surface area contributed by atoms with Crippen molar-refractivity contribution in [1.82, 2.24) is 10.2 Å². The van der Waals surface area contributed by atoms with Crippen molar-refractivity contribution in [1.29, 1.82) is 0 Å². The van der Waals surface area contributed by atoms with Gasteiger partial charge in [0.15, 0.2) is 0 Å². The molecule has 88 valence electrons. The standard InChI is InChI=1S/C11H22N2OS/c1-15-6-4-12-7-11-8-13-5-2-3-10(13)9-14-11/h10-12H,2-9H2,1H3. The summed E-state index contributed by atoms with van der Waals surface area (Å²) in [5, 5.41) is 3.46. The smallest absolute Gasteiger partial charge is 0.0826 e.